The van der Waals surface area contributed by atoms with Crippen LogP contribution in [0.15, 0.2) is 5.16 Å². The number of nitrogens with one attached hydrogen (secondary N) is 1. The van der Waals surface area contributed by atoms with Crippen LogP contribution in [0.5, 0.6) is 0 Å². The summed E-state index contributed by atoms with van der Waals surface area (Å²) in [6, 6.07) is 0. The quantitative estimate of drug-likeness (QED) is 0.421. The molecule has 15 heavy (non-hydrogen) atoms. The summed E-state index contributed by atoms with van der Waals surface area (Å²) in [6.07, 6.45) is 0.887. The highest BCUT2D eigenvalue weighted by molar-refractivity contribution is 5.93. The van der Waals surface area contributed by atoms with Gasteiger partial charge in [0.25, 0.3) is 5.54 Å². The van der Waals surface area contributed by atoms with Gasteiger partial charge in [-0.2, -0.15) is 0 Å². The van der Waals surface area contributed by atoms with Gasteiger partial charge in [0, 0.05) is 25.3 Å². The van der Waals surface area contributed by atoms with Gasteiger partial charge in [-0.15, -0.1) is 0 Å². The molecule has 1 unspecified atom stereocenters. The number of carbonyl (C=O) groups excluding carboxylic acids is 1. The second-order valence-corrected chi connectivity index (χ2v) is 3.55. The minimum atomic E-state index is -1.19. The Labute approximate surface area is 86.6 Å². The van der Waals surface area contributed by atoms with Crippen LogP contribution in [0.3, 0.4) is 0 Å². The van der Waals surface area contributed by atoms with Gasteiger partial charge in [0.2, 0.25) is 0 Å². The molecule has 1 aliphatic carbocycles. The molecule has 1 fully saturated rings. The van der Waals surface area contributed by atoms with Gasteiger partial charge in [-0.05, 0) is 12.8 Å². The highest BCUT2D eigenvalue weighted by atomic mass is 16.7. The van der Waals surface area contributed by atoms with E-state index in [1.165, 1.54) is 14.0 Å². The van der Waals surface area contributed by atoms with Crippen LogP contribution in [-0.4, -0.2) is 29.3 Å². The van der Waals surface area contributed by atoms with Gasteiger partial charge in [0.05, 0.1) is 0 Å². The highest BCUT2D eigenvalue weighted by Gasteiger charge is 2.47. The Morgan fingerprint density at radius 1 is 1.73 bits per heavy atom. The molecule has 1 N–H and O–H groups in total. The van der Waals surface area contributed by atoms with Gasteiger partial charge in [-0.25, -0.2) is 4.79 Å². The van der Waals surface area contributed by atoms with E-state index in [1.807, 2.05) is 0 Å². The molecule has 1 amide bonds. The van der Waals surface area contributed by atoms with Crippen LogP contribution in [0.2, 0.25) is 0 Å². The molecule has 0 aliphatic heterocycles. The summed E-state index contributed by atoms with van der Waals surface area (Å²) < 4.78 is 0. The lowest BCUT2D eigenvalue weighted by Gasteiger charge is -2.13. The highest BCUT2D eigenvalue weighted by Crippen LogP contribution is 2.29. The predicted molar refractivity (Wildman–Crippen MR) is 52.2 cm³/mol. The third kappa shape index (κ3) is 2.23. The van der Waals surface area contributed by atoms with Crippen LogP contribution >= 0.6 is 0 Å². The van der Waals surface area contributed by atoms with Gasteiger partial charge < -0.3 is 5.32 Å². The molecule has 0 heterocycles. The molecule has 7 heteroatoms. The summed E-state index contributed by atoms with van der Waals surface area (Å²) in [5.41, 5.74) is -0.871. The Bertz CT molecular complexity index is 315. The molecule has 0 aromatic rings. The van der Waals surface area contributed by atoms with Crippen molar-refractivity contribution in [3.63, 3.8) is 0 Å². The average Bonchev–Trinajstić information content (AvgIpc) is 2.58. The molecule has 0 saturated heterocycles. The number of oxime groups is 1. The predicted octanol–water partition coefficient (Wildman–Crippen LogP) is 0.918. The number of rotatable bonds is 2. The van der Waals surface area contributed by atoms with E-state index in [0.29, 0.717) is 25.0 Å². The van der Waals surface area contributed by atoms with Crippen molar-refractivity contribution in [1.82, 2.24) is 5.32 Å². The molecule has 7 nitrogen and oxygen atoms in total. The minimum absolute atomic E-state index is 0.316. The van der Waals surface area contributed by atoms with Crippen LogP contribution in [0, 0.1) is 10.1 Å². The molecule has 1 aliphatic rings. The molecule has 1 rings (SSSR count). The van der Waals surface area contributed by atoms with Gasteiger partial charge in [-0.3, -0.25) is 15.0 Å². The van der Waals surface area contributed by atoms with Crippen molar-refractivity contribution in [2.24, 2.45) is 5.16 Å². The summed E-state index contributed by atoms with van der Waals surface area (Å²) in [7, 11) is 1.39. The van der Waals surface area contributed by atoms with Gasteiger partial charge in [-0.1, -0.05) is 5.16 Å². The fraction of sp³-hybridized carbons (Fsp3) is 0.750. The molecule has 0 aromatic carbocycles. The summed E-state index contributed by atoms with van der Waals surface area (Å²) in [5.74, 6) is 0. The lowest BCUT2D eigenvalue weighted by molar-refractivity contribution is -0.542. The molecule has 84 valence electrons. The third-order valence-electron chi connectivity index (χ3n) is 2.54. The number of carbonyl (C=O) groups is 1. The van der Waals surface area contributed by atoms with E-state index in [1.54, 1.807) is 0 Å². The van der Waals surface area contributed by atoms with E-state index in [9.17, 15) is 14.9 Å². The average molecular weight is 215 g/mol. The zero-order valence-electron chi connectivity index (χ0n) is 8.65. The monoisotopic (exact) mass is 215 g/mol. The first-order chi connectivity index (χ1) is 7.00. The van der Waals surface area contributed by atoms with Crippen LogP contribution < -0.4 is 5.32 Å². The first-order valence-corrected chi connectivity index (χ1v) is 4.61. The Morgan fingerprint density at radius 2 is 2.40 bits per heavy atom. The first-order valence-electron chi connectivity index (χ1n) is 4.61. The molecular weight excluding hydrogens is 202 g/mol. The number of hydrogen-bond acceptors (Lipinski definition) is 5. The Kier molecular flexibility index (Phi) is 3.23. The summed E-state index contributed by atoms with van der Waals surface area (Å²) in [4.78, 5) is 25.6. The number of hydrogen-bond donors (Lipinski definition) is 1. The van der Waals surface area contributed by atoms with Crippen molar-refractivity contribution in [1.29, 1.82) is 0 Å². The fourth-order valence-electron chi connectivity index (χ4n) is 1.50. The topological polar surface area (TPSA) is 93.8 Å². The normalized spacial score (nSPS) is 27.7. The van der Waals surface area contributed by atoms with Gasteiger partial charge in [0.15, 0.2) is 0 Å². The second kappa shape index (κ2) is 4.24. The van der Waals surface area contributed by atoms with Crippen molar-refractivity contribution in [2.75, 3.05) is 7.05 Å². The molecule has 0 spiro atoms. The Hall–Kier alpha value is -1.66. The van der Waals surface area contributed by atoms with Gasteiger partial charge >= 0.3 is 6.09 Å². The van der Waals surface area contributed by atoms with E-state index in [2.05, 4.69) is 15.3 Å². The number of amides is 1. The standard InChI is InChI=1S/C8H13N3O4/c1-8(11(13)14)5-3-4-6(8)10-15-7(12)9-2/h3-5H2,1-2H3,(H,9,12)/b10-6-. The van der Waals surface area contributed by atoms with Crippen LogP contribution in [0.4, 0.5) is 4.79 Å². The van der Waals surface area contributed by atoms with Gasteiger partial charge in [0.1, 0.15) is 5.71 Å². The summed E-state index contributed by atoms with van der Waals surface area (Å²) in [5, 5.41) is 16.6. The van der Waals surface area contributed by atoms with Crippen LogP contribution in [-0.2, 0) is 4.84 Å². The van der Waals surface area contributed by atoms with Crippen LogP contribution in [0.1, 0.15) is 26.2 Å². The fourth-order valence-corrected chi connectivity index (χ4v) is 1.50. The number of nitro groups is 1. The van der Waals surface area contributed by atoms with Crippen molar-refractivity contribution >= 4 is 11.8 Å². The molecule has 1 atom stereocenters. The zero-order valence-corrected chi connectivity index (χ0v) is 8.65. The van der Waals surface area contributed by atoms with E-state index in [4.69, 9.17) is 0 Å². The molecular formula is C8H13N3O4. The maximum atomic E-state index is 10.8. The molecule has 0 aromatic heterocycles. The maximum absolute atomic E-state index is 10.8. The summed E-state index contributed by atoms with van der Waals surface area (Å²) in [6.45, 7) is 1.49. The van der Waals surface area contributed by atoms with E-state index in [0.717, 1.165) is 0 Å². The molecule has 0 radical (unpaired) electrons. The maximum Gasteiger partial charge on any atom is 0.433 e. The third-order valence-corrected chi connectivity index (χ3v) is 2.54. The smallest absolute Gasteiger partial charge is 0.323 e. The lowest BCUT2D eigenvalue weighted by atomic mass is 10.0. The van der Waals surface area contributed by atoms with Crippen molar-refractivity contribution < 1.29 is 14.6 Å². The van der Waals surface area contributed by atoms with E-state index < -0.39 is 11.6 Å². The van der Waals surface area contributed by atoms with Crippen molar-refractivity contribution in [2.45, 2.75) is 31.7 Å². The van der Waals surface area contributed by atoms with Crippen molar-refractivity contribution in [3.05, 3.63) is 10.1 Å². The van der Waals surface area contributed by atoms with Crippen LogP contribution in [0.25, 0.3) is 0 Å². The first kappa shape index (κ1) is 11.4. The van der Waals surface area contributed by atoms with E-state index in [-0.39, 0.29) is 4.92 Å². The SMILES string of the molecule is CNC(=O)O/N=C1/CCCC1(C)[N+](=O)[O-]. The molecule has 1 saturated carbocycles. The van der Waals surface area contributed by atoms with E-state index >= 15 is 0 Å². The zero-order chi connectivity index (χ0) is 11.5. The van der Waals surface area contributed by atoms with Crippen molar-refractivity contribution in [3.8, 4) is 0 Å². The second-order valence-electron chi connectivity index (χ2n) is 3.55. The largest absolute Gasteiger partial charge is 0.433 e. The number of nitrogens with zero attached hydrogens (tertiary/aromatic N) is 2. The minimum Gasteiger partial charge on any atom is -0.323 e. The summed E-state index contributed by atoms with van der Waals surface area (Å²) >= 11 is 0. The Morgan fingerprint density at radius 3 is 2.93 bits per heavy atom. The lowest BCUT2D eigenvalue weighted by Crippen LogP contribution is -2.39. The molecule has 0 bridgehead atoms. The Balaban J connectivity index is 2.76.